The molecular weight excluding hydrogens is 188 g/mol. The van der Waals surface area contributed by atoms with Crippen molar-refractivity contribution in [3.05, 3.63) is 30.3 Å². The van der Waals surface area contributed by atoms with Crippen molar-refractivity contribution in [3.8, 4) is 0 Å². The maximum absolute atomic E-state index is 8.36. The monoisotopic (exact) mass is 198 g/mol. The highest BCUT2D eigenvalue weighted by molar-refractivity contribution is 8.13. The lowest BCUT2D eigenvalue weighted by Gasteiger charge is -1.95. The van der Waals surface area contributed by atoms with Gasteiger partial charge in [-0.2, -0.15) is 0 Å². The summed E-state index contributed by atoms with van der Waals surface area (Å²) in [7, 11) is 0. The first-order valence-corrected chi connectivity index (χ1v) is 4.17. The summed E-state index contributed by atoms with van der Waals surface area (Å²) >= 11 is 1.26. The molecule has 0 saturated heterocycles. The molecule has 70 valence electrons. The van der Waals surface area contributed by atoms with Gasteiger partial charge in [-0.15, -0.1) is 0 Å². The molecular formula is C8H10N2O2S. The fourth-order valence-corrected chi connectivity index (χ4v) is 1.16. The number of carbonyl (C=O) groups is 1. The fourth-order valence-electron chi connectivity index (χ4n) is 0.616. The van der Waals surface area contributed by atoms with Crippen LogP contribution in [0.25, 0.3) is 0 Å². The first kappa shape index (κ1) is 11.5. The Hall–Kier alpha value is -1.49. The fraction of sp³-hybridized carbons (Fsp3) is 0. The molecule has 4 N–H and O–H groups in total. The van der Waals surface area contributed by atoms with Crippen LogP contribution in [0.1, 0.15) is 0 Å². The molecule has 5 heteroatoms. The van der Waals surface area contributed by atoms with E-state index in [2.05, 4.69) is 0 Å². The van der Waals surface area contributed by atoms with Gasteiger partial charge < -0.3 is 10.8 Å². The highest BCUT2D eigenvalue weighted by atomic mass is 32.2. The minimum atomic E-state index is -0.250. The van der Waals surface area contributed by atoms with E-state index >= 15 is 0 Å². The average molecular weight is 198 g/mol. The van der Waals surface area contributed by atoms with Crippen LogP contribution < -0.4 is 5.73 Å². The van der Waals surface area contributed by atoms with E-state index in [-0.39, 0.29) is 11.6 Å². The highest BCUT2D eigenvalue weighted by Gasteiger charge is 1.91. The van der Waals surface area contributed by atoms with Crippen molar-refractivity contribution in [2.75, 3.05) is 0 Å². The molecule has 0 spiro atoms. The zero-order valence-corrected chi connectivity index (χ0v) is 7.62. The summed E-state index contributed by atoms with van der Waals surface area (Å²) < 4.78 is 0. The second kappa shape index (κ2) is 7.17. The van der Waals surface area contributed by atoms with E-state index in [1.807, 2.05) is 30.3 Å². The SMILES string of the molecule is N=C(N)Sc1ccccc1.O=CO. The molecule has 0 saturated carbocycles. The summed E-state index contributed by atoms with van der Waals surface area (Å²) in [6, 6.07) is 9.62. The minimum Gasteiger partial charge on any atom is -0.483 e. The Labute approximate surface area is 80.3 Å². The van der Waals surface area contributed by atoms with Crippen molar-refractivity contribution in [2.45, 2.75) is 4.90 Å². The number of nitrogens with two attached hydrogens (primary N) is 1. The molecule has 13 heavy (non-hydrogen) atoms. The van der Waals surface area contributed by atoms with Crippen molar-refractivity contribution in [1.82, 2.24) is 0 Å². The first-order valence-electron chi connectivity index (χ1n) is 3.35. The van der Waals surface area contributed by atoms with Crippen LogP contribution in [0.15, 0.2) is 35.2 Å². The van der Waals surface area contributed by atoms with Gasteiger partial charge in [-0.25, -0.2) is 0 Å². The molecule has 0 atom stereocenters. The number of nitrogens with one attached hydrogen (secondary N) is 1. The smallest absolute Gasteiger partial charge is 0.290 e. The summed E-state index contributed by atoms with van der Waals surface area (Å²) in [5.74, 6) is 0. The molecule has 0 aliphatic heterocycles. The van der Waals surface area contributed by atoms with Crippen LogP contribution in [-0.4, -0.2) is 16.7 Å². The molecule has 1 aromatic carbocycles. The lowest BCUT2D eigenvalue weighted by molar-refractivity contribution is -0.122. The summed E-state index contributed by atoms with van der Waals surface area (Å²) in [6.07, 6.45) is 0. The lowest BCUT2D eigenvalue weighted by atomic mass is 10.4. The van der Waals surface area contributed by atoms with Crippen LogP contribution in [0.4, 0.5) is 0 Å². The third-order valence-corrected chi connectivity index (χ3v) is 1.70. The molecule has 4 nitrogen and oxygen atoms in total. The van der Waals surface area contributed by atoms with E-state index in [9.17, 15) is 0 Å². The Morgan fingerprint density at radius 1 is 1.46 bits per heavy atom. The first-order chi connectivity index (χ1) is 6.20. The maximum Gasteiger partial charge on any atom is 0.290 e. The van der Waals surface area contributed by atoms with Gasteiger partial charge >= 0.3 is 0 Å². The number of hydrogen-bond acceptors (Lipinski definition) is 3. The Bertz CT molecular complexity index is 264. The predicted molar refractivity (Wildman–Crippen MR) is 52.9 cm³/mol. The largest absolute Gasteiger partial charge is 0.483 e. The van der Waals surface area contributed by atoms with Crippen LogP contribution in [0.3, 0.4) is 0 Å². The van der Waals surface area contributed by atoms with Gasteiger partial charge in [-0.1, -0.05) is 30.0 Å². The average Bonchev–Trinajstić information content (AvgIpc) is 2.06. The standard InChI is InChI=1S/C7H8N2S.CH2O2/c8-7(9)10-6-4-2-1-3-5-6;2-1-3/h1-5H,(H3,8,9);1H,(H,2,3). The Balaban J connectivity index is 0.000000424. The molecule has 0 aromatic heterocycles. The van der Waals surface area contributed by atoms with Gasteiger partial charge in [0.1, 0.15) is 0 Å². The van der Waals surface area contributed by atoms with E-state index in [1.54, 1.807) is 0 Å². The van der Waals surface area contributed by atoms with E-state index in [0.717, 1.165) is 4.90 Å². The van der Waals surface area contributed by atoms with Gasteiger partial charge in [-0.3, -0.25) is 10.2 Å². The van der Waals surface area contributed by atoms with Crippen molar-refractivity contribution >= 4 is 23.4 Å². The van der Waals surface area contributed by atoms with Gasteiger partial charge in [0.05, 0.1) is 0 Å². The van der Waals surface area contributed by atoms with E-state index < -0.39 is 0 Å². The number of thioether (sulfide) groups is 1. The van der Waals surface area contributed by atoms with Gasteiger partial charge in [-0.05, 0) is 12.1 Å². The molecule has 0 aliphatic carbocycles. The van der Waals surface area contributed by atoms with Gasteiger partial charge in [0.15, 0.2) is 5.17 Å². The number of rotatable bonds is 1. The van der Waals surface area contributed by atoms with Crippen LogP contribution in [-0.2, 0) is 4.79 Å². The molecule has 0 amide bonds. The lowest BCUT2D eigenvalue weighted by Crippen LogP contribution is -2.02. The zero-order chi connectivity index (χ0) is 10.1. The number of hydrogen-bond donors (Lipinski definition) is 3. The third-order valence-electron chi connectivity index (χ3n) is 0.971. The Morgan fingerprint density at radius 2 is 1.92 bits per heavy atom. The summed E-state index contributed by atoms with van der Waals surface area (Å²) in [5.41, 5.74) is 5.17. The molecule has 0 aliphatic rings. The summed E-state index contributed by atoms with van der Waals surface area (Å²) in [5, 5.41) is 14.0. The second-order valence-electron chi connectivity index (χ2n) is 1.88. The maximum atomic E-state index is 8.36. The summed E-state index contributed by atoms with van der Waals surface area (Å²) in [4.78, 5) is 9.37. The number of benzene rings is 1. The molecule has 0 heterocycles. The molecule has 0 fully saturated rings. The number of amidine groups is 1. The van der Waals surface area contributed by atoms with Crippen molar-refractivity contribution < 1.29 is 9.90 Å². The topological polar surface area (TPSA) is 87.2 Å². The normalized spacial score (nSPS) is 8.00. The zero-order valence-electron chi connectivity index (χ0n) is 6.81. The summed E-state index contributed by atoms with van der Waals surface area (Å²) in [6.45, 7) is -0.250. The van der Waals surface area contributed by atoms with Gasteiger partial charge in [0.2, 0.25) is 0 Å². The molecule has 0 bridgehead atoms. The Kier molecular flexibility index (Phi) is 6.35. The third kappa shape index (κ3) is 6.89. The number of carboxylic acid groups (broad SMARTS) is 1. The quantitative estimate of drug-likeness (QED) is 0.275. The van der Waals surface area contributed by atoms with E-state index in [0.29, 0.717) is 0 Å². The molecule has 1 rings (SSSR count). The van der Waals surface area contributed by atoms with E-state index in [1.165, 1.54) is 11.8 Å². The molecule has 1 aromatic rings. The van der Waals surface area contributed by atoms with E-state index in [4.69, 9.17) is 21.0 Å². The Morgan fingerprint density at radius 3 is 2.31 bits per heavy atom. The van der Waals surface area contributed by atoms with Crippen LogP contribution in [0, 0.1) is 5.41 Å². The van der Waals surface area contributed by atoms with Crippen LogP contribution in [0.5, 0.6) is 0 Å². The molecule has 0 radical (unpaired) electrons. The second-order valence-corrected chi connectivity index (χ2v) is 3.00. The van der Waals surface area contributed by atoms with Crippen LogP contribution in [0.2, 0.25) is 0 Å². The van der Waals surface area contributed by atoms with Crippen molar-refractivity contribution in [2.24, 2.45) is 5.73 Å². The van der Waals surface area contributed by atoms with Crippen molar-refractivity contribution in [3.63, 3.8) is 0 Å². The van der Waals surface area contributed by atoms with Crippen molar-refractivity contribution in [1.29, 1.82) is 5.41 Å². The minimum absolute atomic E-state index is 0.131. The van der Waals surface area contributed by atoms with Crippen LogP contribution >= 0.6 is 11.8 Å². The van der Waals surface area contributed by atoms with Gasteiger partial charge in [0.25, 0.3) is 6.47 Å². The van der Waals surface area contributed by atoms with Gasteiger partial charge in [0, 0.05) is 4.90 Å². The molecule has 0 unspecified atom stereocenters. The predicted octanol–water partition coefficient (Wildman–Crippen LogP) is 1.37. The highest BCUT2D eigenvalue weighted by Crippen LogP contribution is 2.15.